The van der Waals surface area contributed by atoms with E-state index in [0.717, 1.165) is 24.0 Å². The number of benzene rings is 2. The van der Waals surface area contributed by atoms with Gasteiger partial charge in [0.1, 0.15) is 12.6 Å². The molecule has 0 spiro atoms. The van der Waals surface area contributed by atoms with Crippen molar-refractivity contribution < 1.29 is 23.9 Å². The van der Waals surface area contributed by atoms with E-state index in [9.17, 15) is 14.7 Å². The van der Waals surface area contributed by atoms with Crippen LogP contribution >= 0.6 is 12.2 Å². The quantitative estimate of drug-likeness (QED) is 0.286. The molecule has 0 bridgehead atoms. The standard InChI is InChI=1S/C26H25N5O4S/c1-29-22(25(34)35-28-29)16-30-21(24(33)31(26(30)36)20-13-14-20)15-23(32)27-19-11-9-18(10-12-19)8-7-17-5-3-2-4-6-17/h2-12,20-21H,13-16H2,1H3,(H-,27,28,32,34)/b8-7+. The van der Waals surface area contributed by atoms with Gasteiger partial charge < -0.3 is 19.8 Å². The molecule has 0 radical (unpaired) electrons. The van der Waals surface area contributed by atoms with E-state index in [2.05, 4.69) is 10.6 Å². The van der Waals surface area contributed by atoms with Crippen LogP contribution in [0.1, 0.15) is 36.1 Å². The van der Waals surface area contributed by atoms with Crippen molar-refractivity contribution in [2.24, 2.45) is 7.05 Å². The summed E-state index contributed by atoms with van der Waals surface area (Å²) in [4.78, 5) is 29.3. The third-order valence-corrected chi connectivity index (χ3v) is 6.73. The Morgan fingerprint density at radius 2 is 1.83 bits per heavy atom. The lowest BCUT2D eigenvalue weighted by Gasteiger charge is -2.22. The van der Waals surface area contributed by atoms with E-state index < -0.39 is 12.0 Å². The second-order valence-electron chi connectivity index (χ2n) is 8.91. The number of carbonyl (C=O) groups excluding carboxylic acids is 2. The molecule has 2 amide bonds. The minimum Gasteiger partial charge on any atom is -0.539 e. The fourth-order valence-corrected chi connectivity index (χ4v) is 4.62. The lowest BCUT2D eigenvalue weighted by molar-refractivity contribution is -0.746. The zero-order valence-corrected chi connectivity index (χ0v) is 20.5. The first kappa shape index (κ1) is 23.7. The summed E-state index contributed by atoms with van der Waals surface area (Å²) in [6, 6.07) is 16.7. The molecular formula is C26H25N5O4S. The zero-order valence-electron chi connectivity index (χ0n) is 19.7. The second kappa shape index (κ2) is 9.90. The predicted molar refractivity (Wildman–Crippen MR) is 134 cm³/mol. The number of aryl methyl sites for hydroxylation is 1. The van der Waals surface area contributed by atoms with E-state index >= 15 is 0 Å². The molecule has 1 atom stereocenters. The van der Waals surface area contributed by atoms with Crippen molar-refractivity contribution in [2.45, 2.75) is 37.9 Å². The van der Waals surface area contributed by atoms with E-state index in [0.29, 0.717) is 10.8 Å². The minimum absolute atomic E-state index is 0.0347. The molecule has 10 heteroatoms. The van der Waals surface area contributed by atoms with Crippen LogP contribution < -0.4 is 15.1 Å². The first-order valence-corrected chi connectivity index (χ1v) is 12.1. The largest absolute Gasteiger partial charge is 0.539 e. The maximum Gasteiger partial charge on any atom is 0.252 e. The van der Waals surface area contributed by atoms with Crippen LogP contribution in [-0.4, -0.2) is 44.1 Å². The molecule has 184 valence electrons. The number of carbonyl (C=O) groups is 2. The van der Waals surface area contributed by atoms with Gasteiger partial charge in [0, 0.05) is 11.7 Å². The van der Waals surface area contributed by atoms with Crippen LogP contribution in [0.25, 0.3) is 12.2 Å². The summed E-state index contributed by atoms with van der Waals surface area (Å²) in [5.74, 6) is -1.13. The number of aromatic nitrogens is 2. The van der Waals surface area contributed by atoms with Gasteiger partial charge in [0.05, 0.1) is 11.7 Å². The van der Waals surface area contributed by atoms with E-state index in [-0.39, 0.29) is 36.5 Å². The molecular weight excluding hydrogens is 478 g/mol. The Labute approximate surface area is 213 Å². The number of hydrogen-bond donors (Lipinski definition) is 1. The van der Waals surface area contributed by atoms with Crippen molar-refractivity contribution >= 4 is 47.0 Å². The van der Waals surface area contributed by atoms with Crippen molar-refractivity contribution in [1.29, 1.82) is 0 Å². The van der Waals surface area contributed by atoms with E-state index in [1.165, 1.54) is 4.68 Å². The summed E-state index contributed by atoms with van der Waals surface area (Å²) in [6.07, 6.45) is 5.67. The van der Waals surface area contributed by atoms with Gasteiger partial charge in [-0.2, -0.15) is 0 Å². The molecule has 1 aromatic heterocycles. The van der Waals surface area contributed by atoms with Crippen molar-refractivity contribution in [2.75, 3.05) is 5.32 Å². The first-order valence-electron chi connectivity index (χ1n) is 11.7. The topological polar surface area (TPSA) is 106 Å². The molecule has 1 saturated carbocycles. The molecule has 2 fully saturated rings. The molecule has 36 heavy (non-hydrogen) atoms. The molecule has 1 saturated heterocycles. The lowest BCUT2D eigenvalue weighted by atomic mass is 10.1. The number of rotatable bonds is 8. The van der Waals surface area contributed by atoms with Crippen LogP contribution in [0.2, 0.25) is 0 Å². The van der Waals surface area contributed by atoms with E-state index in [1.54, 1.807) is 16.8 Å². The summed E-state index contributed by atoms with van der Waals surface area (Å²) in [5.41, 5.74) is 2.98. The number of hydrogen-bond acceptors (Lipinski definition) is 6. The number of nitrogens with zero attached hydrogens (tertiary/aromatic N) is 4. The summed E-state index contributed by atoms with van der Waals surface area (Å²) >= 11 is 5.58. The smallest absolute Gasteiger partial charge is 0.252 e. The van der Waals surface area contributed by atoms with Gasteiger partial charge in [-0.25, -0.2) is 0 Å². The zero-order chi connectivity index (χ0) is 25.2. The Morgan fingerprint density at radius 1 is 1.17 bits per heavy atom. The normalized spacial score (nSPS) is 17.9. The molecule has 3 aromatic rings. The van der Waals surface area contributed by atoms with Crippen LogP contribution in [-0.2, 0) is 23.2 Å². The highest BCUT2D eigenvalue weighted by atomic mass is 32.1. The molecule has 5 rings (SSSR count). The van der Waals surface area contributed by atoms with Gasteiger partial charge in [-0.05, 0) is 48.3 Å². The molecule has 1 N–H and O–H groups in total. The van der Waals surface area contributed by atoms with Crippen molar-refractivity contribution in [3.63, 3.8) is 0 Å². The molecule has 2 heterocycles. The Balaban J connectivity index is 1.26. The summed E-state index contributed by atoms with van der Waals surface area (Å²) in [7, 11) is 1.58. The van der Waals surface area contributed by atoms with E-state index in [4.69, 9.17) is 16.7 Å². The molecule has 2 aromatic carbocycles. The molecule has 2 aliphatic rings. The van der Waals surface area contributed by atoms with Crippen molar-refractivity contribution in [3.8, 4) is 5.95 Å². The highest BCUT2D eigenvalue weighted by molar-refractivity contribution is 7.80. The molecule has 1 aliphatic carbocycles. The van der Waals surface area contributed by atoms with Crippen LogP contribution in [0.4, 0.5) is 5.69 Å². The van der Waals surface area contributed by atoms with E-state index in [1.807, 2.05) is 66.7 Å². The highest BCUT2D eigenvalue weighted by Crippen LogP contribution is 2.35. The average Bonchev–Trinajstić information content (AvgIpc) is 3.62. The molecule has 1 unspecified atom stereocenters. The van der Waals surface area contributed by atoms with Gasteiger partial charge >= 0.3 is 0 Å². The highest BCUT2D eigenvalue weighted by Gasteiger charge is 2.49. The van der Waals surface area contributed by atoms with Gasteiger partial charge in [0.15, 0.2) is 18.1 Å². The minimum atomic E-state index is -0.805. The monoisotopic (exact) mass is 503 g/mol. The number of nitrogens with one attached hydrogen (secondary N) is 1. The third kappa shape index (κ3) is 4.99. The summed E-state index contributed by atoms with van der Waals surface area (Å²) in [5, 5.41) is 18.9. The number of thiocarbonyl (C=S) groups is 1. The van der Waals surface area contributed by atoms with Crippen molar-refractivity contribution in [1.82, 2.24) is 15.1 Å². The van der Waals surface area contributed by atoms with Gasteiger partial charge in [-0.3, -0.25) is 14.5 Å². The van der Waals surface area contributed by atoms with Crippen molar-refractivity contribution in [3.05, 3.63) is 71.4 Å². The Morgan fingerprint density at radius 3 is 2.44 bits per heavy atom. The summed E-state index contributed by atoms with van der Waals surface area (Å²) < 4.78 is 6.03. The lowest BCUT2D eigenvalue weighted by Crippen LogP contribution is -2.42. The van der Waals surface area contributed by atoms with Gasteiger partial charge in [0.25, 0.3) is 11.6 Å². The SMILES string of the molecule is C[n+]1noc([O-])c1CN1C(=S)N(C2CC2)C(=O)C1CC(=O)Nc1ccc(/C=C/c2ccccc2)cc1. The maximum absolute atomic E-state index is 13.2. The predicted octanol–water partition coefficient (Wildman–Crippen LogP) is 2.23. The fraction of sp³-hybridized carbons (Fsp3) is 0.269. The Bertz CT molecular complexity index is 1300. The maximum atomic E-state index is 13.2. The average molecular weight is 504 g/mol. The van der Waals surface area contributed by atoms with Crippen LogP contribution in [0.15, 0.2) is 59.1 Å². The number of amides is 2. The van der Waals surface area contributed by atoms with Gasteiger partial charge in [-0.15, -0.1) is 0 Å². The van der Waals surface area contributed by atoms with Crippen LogP contribution in [0, 0.1) is 0 Å². The van der Waals surface area contributed by atoms with Gasteiger partial charge in [0.2, 0.25) is 5.91 Å². The Hall–Kier alpha value is -4.05. The third-order valence-electron chi connectivity index (χ3n) is 6.30. The molecule has 1 aliphatic heterocycles. The second-order valence-corrected chi connectivity index (χ2v) is 9.28. The summed E-state index contributed by atoms with van der Waals surface area (Å²) in [6.45, 7) is 0.0347. The fourth-order valence-electron chi connectivity index (χ4n) is 4.19. The van der Waals surface area contributed by atoms with Gasteiger partial charge in [-0.1, -0.05) is 59.3 Å². The number of anilines is 1. The first-order chi connectivity index (χ1) is 17.4. The van der Waals surface area contributed by atoms with Crippen LogP contribution in [0.5, 0.6) is 5.95 Å². The molecule has 9 nitrogen and oxygen atoms in total. The van der Waals surface area contributed by atoms with Crippen LogP contribution in [0.3, 0.4) is 0 Å². The Kier molecular flexibility index (Phi) is 6.51.